The molecule has 0 amide bonds. The molecule has 0 unspecified atom stereocenters. The van der Waals surface area contributed by atoms with Gasteiger partial charge in [-0.2, -0.15) is 0 Å². The summed E-state index contributed by atoms with van der Waals surface area (Å²) in [6.45, 7) is 0. The Morgan fingerprint density at radius 3 is 2.67 bits per heavy atom. The van der Waals surface area contributed by atoms with Crippen LogP contribution in [0.25, 0.3) is 20.7 Å². The van der Waals surface area contributed by atoms with Gasteiger partial charge in [0.15, 0.2) is 0 Å². The average molecular weight is 278 g/mol. The van der Waals surface area contributed by atoms with Gasteiger partial charge in [0.25, 0.3) is 0 Å². The van der Waals surface area contributed by atoms with Gasteiger partial charge in [0.2, 0.25) is 0 Å². The van der Waals surface area contributed by atoms with E-state index in [0.29, 0.717) is 14.5 Å². The van der Waals surface area contributed by atoms with Crippen molar-refractivity contribution >= 4 is 25.8 Å². The van der Waals surface area contributed by atoms with Crippen LogP contribution in [0.2, 0.25) is 0 Å². The topological polar surface area (TPSA) is 15.8 Å². The van der Waals surface area contributed by atoms with E-state index in [1.807, 2.05) is 0 Å². The molecule has 0 atom stereocenters. The van der Waals surface area contributed by atoms with E-state index in [4.69, 9.17) is 0 Å². The third kappa shape index (κ3) is 1.74. The number of thiophene rings is 1. The van der Waals surface area contributed by atoms with E-state index in [2.05, 4.69) is 51.7 Å². The second-order valence-corrected chi connectivity index (χ2v) is 6.18. The molecule has 74 valence electrons. The molecule has 3 heterocycles. The molecular weight excluding hydrogens is 269 g/mol. The van der Waals surface area contributed by atoms with Crippen molar-refractivity contribution in [3.8, 4) is 20.7 Å². The third-order valence-electron chi connectivity index (χ3n) is 2.26. The van der Waals surface area contributed by atoms with E-state index in [1.54, 1.807) is 11.3 Å². The Morgan fingerprint density at radius 2 is 1.93 bits per heavy atom. The van der Waals surface area contributed by atoms with Gasteiger partial charge < -0.3 is 0 Å². The zero-order valence-electron chi connectivity index (χ0n) is 7.94. The van der Waals surface area contributed by atoms with Crippen molar-refractivity contribution < 1.29 is 0 Å². The van der Waals surface area contributed by atoms with E-state index in [1.165, 1.54) is 20.7 Å². The molecule has 0 aromatic carbocycles. The van der Waals surface area contributed by atoms with Gasteiger partial charge >= 0.3 is 98.2 Å². The molecule has 3 rings (SSSR count). The van der Waals surface area contributed by atoms with Crippen LogP contribution in [0.3, 0.4) is 0 Å². The summed E-state index contributed by atoms with van der Waals surface area (Å²) in [6.07, 6.45) is 0. The Labute approximate surface area is 98.2 Å². The summed E-state index contributed by atoms with van der Waals surface area (Å²) in [5.74, 6) is 0. The summed E-state index contributed by atoms with van der Waals surface area (Å²) in [5, 5.41) is 2.11. The van der Waals surface area contributed by atoms with Gasteiger partial charge in [-0.05, 0) is 0 Å². The Balaban J connectivity index is 2.02. The van der Waals surface area contributed by atoms with Crippen LogP contribution in [0.15, 0.2) is 46.7 Å². The summed E-state index contributed by atoms with van der Waals surface area (Å²) >= 11 is 2.28. The molecule has 15 heavy (non-hydrogen) atoms. The Bertz CT molecular complexity index is 485. The molecule has 0 bridgehead atoms. The number of hydrogen-bond acceptors (Lipinski definition) is 1. The van der Waals surface area contributed by atoms with E-state index in [0.717, 1.165) is 0 Å². The number of aromatic amines is 1. The Morgan fingerprint density at radius 1 is 1.00 bits per heavy atom. The molecule has 1 N–H and O–H groups in total. The first-order valence-corrected chi connectivity index (χ1v) is 7.43. The number of rotatable bonds is 2. The van der Waals surface area contributed by atoms with Gasteiger partial charge in [0, 0.05) is 0 Å². The fourth-order valence-corrected chi connectivity index (χ4v) is 3.74. The summed E-state index contributed by atoms with van der Waals surface area (Å²) in [5.41, 5.74) is 2.49. The second-order valence-electron chi connectivity index (χ2n) is 3.24. The maximum absolute atomic E-state index is 3.48. The zero-order chi connectivity index (χ0) is 10.1. The van der Waals surface area contributed by atoms with Crippen molar-refractivity contribution in [2.45, 2.75) is 0 Å². The van der Waals surface area contributed by atoms with Crippen LogP contribution >= 0.6 is 11.3 Å². The fraction of sp³-hybridized carbons (Fsp3) is 0. The summed E-state index contributed by atoms with van der Waals surface area (Å²) in [4.78, 5) is 7.03. The van der Waals surface area contributed by atoms with Crippen LogP contribution < -0.4 is 0 Å². The molecule has 0 fully saturated rings. The molecule has 3 heteroatoms. The van der Waals surface area contributed by atoms with Crippen molar-refractivity contribution in [2.75, 3.05) is 0 Å². The van der Waals surface area contributed by atoms with Crippen molar-refractivity contribution in [3.05, 3.63) is 46.7 Å². The molecule has 0 aliphatic carbocycles. The van der Waals surface area contributed by atoms with Gasteiger partial charge in [0.1, 0.15) is 0 Å². The first kappa shape index (κ1) is 9.22. The monoisotopic (exact) mass is 279 g/mol. The molecule has 1 nitrogen and oxygen atoms in total. The van der Waals surface area contributed by atoms with Crippen molar-refractivity contribution in [1.29, 1.82) is 0 Å². The first-order chi connectivity index (χ1) is 7.43. The predicted octanol–water partition coefficient (Wildman–Crippen LogP) is 3.47. The van der Waals surface area contributed by atoms with Crippen molar-refractivity contribution in [1.82, 2.24) is 4.98 Å². The van der Waals surface area contributed by atoms with Crippen LogP contribution in [-0.4, -0.2) is 19.5 Å². The standard InChI is InChI=1S/C12H9NSSe/c1-3-11(14-7-1)9-5-6-10(13-9)12-4-2-8-15-12/h1-8,13H. The van der Waals surface area contributed by atoms with Crippen LogP contribution in [0.5, 0.6) is 0 Å². The zero-order valence-corrected chi connectivity index (χ0v) is 10.5. The van der Waals surface area contributed by atoms with Gasteiger partial charge in [-0.15, -0.1) is 0 Å². The Hall–Kier alpha value is -1.02. The number of H-pyrrole nitrogens is 1. The number of aromatic nitrogens is 1. The van der Waals surface area contributed by atoms with Gasteiger partial charge in [-0.25, -0.2) is 0 Å². The molecule has 0 aliphatic rings. The van der Waals surface area contributed by atoms with Crippen LogP contribution in [0.1, 0.15) is 0 Å². The normalized spacial score (nSPS) is 10.7. The van der Waals surface area contributed by atoms with Gasteiger partial charge in [-0.1, -0.05) is 0 Å². The Kier molecular flexibility index (Phi) is 2.37. The minimum atomic E-state index is 0.511. The van der Waals surface area contributed by atoms with Crippen molar-refractivity contribution in [2.24, 2.45) is 0 Å². The summed E-state index contributed by atoms with van der Waals surface area (Å²) < 4.78 is 1.44. The van der Waals surface area contributed by atoms with Gasteiger partial charge in [-0.3, -0.25) is 0 Å². The number of nitrogens with one attached hydrogen (secondary N) is 1. The molecule has 3 aromatic rings. The molecular formula is C12H9NSSe. The van der Waals surface area contributed by atoms with E-state index < -0.39 is 0 Å². The van der Waals surface area contributed by atoms with Crippen LogP contribution in [-0.2, 0) is 0 Å². The SMILES string of the molecule is c1csc(-c2ccc(-c3ccc[se]3)[nH]2)c1. The first-order valence-electron chi connectivity index (χ1n) is 4.70. The molecule has 0 aliphatic heterocycles. The van der Waals surface area contributed by atoms with E-state index in [-0.39, 0.29) is 0 Å². The maximum atomic E-state index is 3.48. The van der Waals surface area contributed by atoms with Crippen LogP contribution in [0, 0.1) is 0 Å². The molecule has 0 radical (unpaired) electrons. The predicted molar refractivity (Wildman–Crippen MR) is 66.5 cm³/mol. The van der Waals surface area contributed by atoms with Crippen LogP contribution in [0.4, 0.5) is 0 Å². The molecule has 0 spiro atoms. The van der Waals surface area contributed by atoms with E-state index >= 15 is 0 Å². The summed E-state index contributed by atoms with van der Waals surface area (Å²) in [6, 6.07) is 12.9. The van der Waals surface area contributed by atoms with Crippen molar-refractivity contribution in [3.63, 3.8) is 0 Å². The average Bonchev–Trinajstić information content (AvgIpc) is 3.02. The van der Waals surface area contributed by atoms with Gasteiger partial charge in [0.05, 0.1) is 0 Å². The fourth-order valence-electron chi connectivity index (χ4n) is 1.55. The quantitative estimate of drug-likeness (QED) is 0.691. The second kappa shape index (κ2) is 3.86. The molecule has 0 saturated heterocycles. The molecule has 0 saturated carbocycles. The van der Waals surface area contributed by atoms with E-state index in [9.17, 15) is 0 Å². The molecule has 3 aromatic heterocycles. The number of hydrogen-bond donors (Lipinski definition) is 1. The summed E-state index contributed by atoms with van der Waals surface area (Å²) in [7, 11) is 0. The minimum absolute atomic E-state index is 0.511. The third-order valence-corrected chi connectivity index (χ3v) is 5.06.